The minimum absolute atomic E-state index is 0.0149. The number of halogens is 1. The van der Waals surface area contributed by atoms with Gasteiger partial charge in [-0.15, -0.1) is 0 Å². The Morgan fingerprint density at radius 1 is 1.33 bits per heavy atom. The highest BCUT2D eigenvalue weighted by molar-refractivity contribution is 9.10. The summed E-state index contributed by atoms with van der Waals surface area (Å²) in [5.41, 5.74) is 2.42. The van der Waals surface area contributed by atoms with E-state index in [1.807, 2.05) is 12.1 Å². The molecule has 0 saturated heterocycles. The Balaban J connectivity index is 2.24. The van der Waals surface area contributed by atoms with Gasteiger partial charge in [-0.05, 0) is 28.1 Å². The average Bonchev–Trinajstić information content (AvgIpc) is 2.38. The van der Waals surface area contributed by atoms with Crippen molar-refractivity contribution in [1.82, 2.24) is 14.9 Å². The van der Waals surface area contributed by atoms with Crippen LogP contribution in [0.2, 0.25) is 0 Å². The van der Waals surface area contributed by atoms with Gasteiger partial charge in [0.15, 0.2) is 0 Å². The first-order valence-corrected chi connectivity index (χ1v) is 6.22. The molecule has 0 aliphatic rings. The first-order valence-electron chi connectivity index (χ1n) is 5.43. The number of anilines is 1. The third kappa shape index (κ3) is 2.59. The first-order chi connectivity index (χ1) is 8.59. The van der Waals surface area contributed by atoms with E-state index < -0.39 is 0 Å². The first kappa shape index (κ1) is 12.8. The van der Waals surface area contributed by atoms with Crippen molar-refractivity contribution in [3.05, 3.63) is 29.0 Å². The predicted molar refractivity (Wildman–Crippen MR) is 74.4 cm³/mol. The highest BCUT2D eigenvalue weighted by Crippen LogP contribution is 2.28. The lowest BCUT2D eigenvalue weighted by atomic mass is 10.2. The maximum absolute atomic E-state index is 11.5. The molecule has 1 heterocycles. The molecule has 0 aliphatic heterocycles. The molecule has 0 atom stereocenters. The SMILES string of the molecule is CN(C)C(=O)CNc1ccc2nccnc2c1Br. The standard InChI is InChI=1S/C12H13BrN4O/c1-17(2)10(18)7-16-8-3-4-9-12(11(8)13)15-6-5-14-9/h3-6,16H,7H2,1-2H3. The van der Waals surface area contributed by atoms with E-state index in [-0.39, 0.29) is 12.5 Å². The van der Waals surface area contributed by atoms with Gasteiger partial charge in [0, 0.05) is 26.5 Å². The monoisotopic (exact) mass is 308 g/mol. The summed E-state index contributed by atoms with van der Waals surface area (Å²) in [7, 11) is 3.45. The van der Waals surface area contributed by atoms with E-state index in [1.54, 1.807) is 31.4 Å². The van der Waals surface area contributed by atoms with Crippen LogP contribution in [0.25, 0.3) is 11.0 Å². The van der Waals surface area contributed by atoms with Gasteiger partial charge in [-0.1, -0.05) is 0 Å². The Bertz CT molecular complexity index is 585. The molecule has 94 valence electrons. The molecule has 1 amide bonds. The number of hydrogen-bond acceptors (Lipinski definition) is 4. The van der Waals surface area contributed by atoms with Crippen LogP contribution in [0.1, 0.15) is 0 Å². The number of carbonyl (C=O) groups excluding carboxylic acids is 1. The zero-order valence-corrected chi connectivity index (χ0v) is 11.7. The molecule has 0 fully saturated rings. The summed E-state index contributed by atoms with van der Waals surface area (Å²) in [6.45, 7) is 0.247. The van der Waals surface area contributed by atoms with Crippen LogP contribution in [0.15, 0.2) is 29.0 Å². The highest BCUT2D eigenvalue weighted by atomic mass is 79.9. The molecular formula is C12H13BrN4O. The highest BCUT2D eigenvalue weighted by Gasteiger charge is 2.08. The van der Waals surface area contributed by atoms with Gasteiger partial charge >= 0.3 is 0 Å². The van der Waals surface area contributed by atoms with Gasteiger partial charge in [-0.25, -0.2) is 0 Å². The quantitative estimate of drug-likeness (QED) is 0.941. The molecule has 1 aromatic carbocycles. The van der Waals surface area contributed by atoms with Gasteiger partial charge in [0.1, 0.15) is 5.52 Å². The number of aromatic nitrogens is 2. The summed E-state index contributed by atoms with van der Waals surface area (Å²) in [6.07, 6.45) is 3.29. The smallest absolute Gasteiger partial charge is 0.241 e. The molecule has 0 unspecified atom stereocenters. The minimum atomic E-state index is 0.0149. The average molecular weight is 309 g/mol. The van der Waals surface area contributed by atoms with Crippen molar-refractivity contribution in [2.24, 2.45) is 0 Å². The third-order valence-electron chi connectivity index (χ3n) is 2.51. The fraction of sp³-hybridized carbons (Fsp3) is 0.250. The van der Waals surface area contributed by atoms with Crippen molar-refractivity contribution in [3.8, 4) is 0 Å². The van der Waals surface area contributed by atoms with E-state index in [2.05, 4.69) is 31.2 Å². The molecular weight excluding hydrogens is 296 g/mol. The largest absolute Gasteiger partial charge is 0.375 e. The van der Waals surface area contributed by atoms with Crippen molar-refractivity contribution < 1.29 is 4.79 Å². The summed E-state index contributed by atoms with van der Waals surface area (Å²) < 4.78 is 0.819. The van der Waals surface area contributed by atoms with Gasteiger partial charge in [-0.3, -0.25) is 14.8 Å². The van der Waals surface area contributed by atoms with E-state index in [9.17, 15) is 4.79 Å². The number of fused-ring (bicyclic) bond motifs is 1. The van der Waals surface area contributed by atoms with Crippen molar-refractivity contribution >= 4 is 38.6 Å². The number of nitrogens with one attached hydrogen (secondary N) is 1. The number of likely N-dealkylation sites (N-methyl/N-ethyl adjacent to an activating group) is 1. The molecule has 0 spiro atoms. The molecule has 0 saturated carbocycles. The second-order valence-electron chi connectivity index (χ2n) is 3.99. The number of benzene rings is 1. The van der Waals surface area contributed by atoms with Crippen LogP contribution in [-0.4, -0.2) is 41.4 Å². The topological polar surface area (TPSA) is 58.1 Å². The molecule has 2 rings (SSSR count). The summed E-state index contributed by atoms with van der Waals surface area (Å²) in [4.78, 5) is 21.5. The second-order valence-corrected chi connectivity index (χ2v) is 4.79. The molecule has 1 N–H and O–H groups in total. The maximum atomic E-state index is 11.5. The van der Waals surface area contributed by atoms with E-state index in [4.69, 9.17) is 0 Å². The van der Waals surface area contributed by atoms with Crippen LogP contribution in [0.3, 0.4) is 0 Å². The molecule has 0 bridgehead atoms. The van der Waals surface area contributed by atoms with Crippen LogP contribution in [0.4, 0.5) is 5.69 Å². The van der Waals surface area contributed by atoms with E-state index in [1.165, 1.54) is 0 Å². The molecule has 18 heavy (non-hydrogen) atoms. The van der Waals surface area contributed by atoms with Crippen molar-refractivity contribution in [1.29, 1.82) is 0 Å². The molecule has 5 nitrogen and oxygen atoms in total. The summed E-state index contributed by atoms with van der Waals surface area (Å²) in [5.74, 6) is 0.0149. The minimum Gasteiger partial charge on any atom is -0.375 e. The summed E-state index contributed by atoms with van der Waals surface area (Å²) in [6, 6.07) is 3.75. The Hall–Kier alpha value is -1.69. The lowest BCUT2D eigenvalue weighted by Crippen LogP contribution is -2.28. The number of amides is 1. The van der Waals surface area contributed by atoms with Crippen LogP contribution >= 0.6 is 15.9 Å². The summed E-state index contributed by atoms with van der Waals surface area (Å²) in [5, 5.41) is 3.08. The Kier molecular flexibility index (Phi) is 3.76. The normalized spacial score (nSPS) is 10.4. The van der Waals surface area contributed by atoms with Crippen molar-refractivity contribution in [3.63, 3.8) is 0 Å². The Morgan fingerprint density at radius 3 is 2.78 bits per heavy atom. The van der Waals surface area contributed by atoms with Gasteiger partial charge < -0.3 is 10.2 Å². The number of nitrogens with zero attached hydrogens (tertiary/aromatic N) is 3. The van der Waals surface area contributed by atoms with Gasteiger partial charge in [0.2, 0.25) is 5.91 Å². The van der Waals surface area contributed by atoms with Gasteiger partial charge in [0.25, 0.3) is 0 Å². The zero-order valence-electron chi connectivity index (χ0n) is 10.1. The fourth-order valence-corrected chi connectivity index (χ4v) is 2.05. The molecule has 1 aromatic heterocycles. The van der Waals surface area contributed by atoms with Crippen LogP contribution in [-0.2, 0) is 4.79 Å². The van der Waals surface area contributed by atoms with Crippen LogP contribution < -0.4 is 5.32 Å². The van der Waals surface area contributed by atoms with Gasteiger partial charge in [0.05, 0.1) is 22.2 Å². The maximum Gasteiger partial charge on any atom is 0.241 e. The third-order valence-corrected chi connectivity index (χ3v) is 3.31. The molecule has 6 heteroatoms. The van der Waals surface area contributed by atoms with Crippen LogP contribution in [0.5, 0.6) is 0 Å². The second kappa shape index (κ2) is 5.30. The van der Waals surface area contributed by atoms with Crippen molar-refractivity contribution in [2.75, 3.05) is 26.0 Å². The number of rotatable bonds is 3. The van der Waals surface area contributed by atoms with E-state index >= 15 is 0 Å². The van der Waals surface area contributed by atoms with E-state index in [0.717, 1.165) is 21.2 Å². The van der Waals surface area contributed by atoms with Gasteiger partial charge in [-0.2, -0.15) is 0 Å². The molecule has 0 radical (unpaired) electrons. The lowest BCUT2D eigenvalue weighted by Gasteiger charge is -2.13. The lowest BCUT2D eigenvalue weighted by molar-refractivity contribution is -0.126. The van der Waals surface area contributed by atoms with E-state index in [0.29, 0.717) is 0 Å². The van der Waals surface area contributed by atoms with Crippen molar-refractivity contribution in [2.45, 2.75) is 0 Å². The zero-order chi connectivity index (χ0) is 13.1. The summed E-state index contributed by atoms with van der Waals surface area (Å²) >= 11 is 3.48. The Morgan fingerprint density at radius 2 is 2.06 bits per heavy atom. The molecule has 2 aromatic rings. The molecule has 0 aliphatic carbocycles. The predicted octanol–water partition coefficient (Wildman–Crippen LogP) is 1.89. The number of carbonyl (C=O) groups is 1. The van der Waals surface area contributed by atoms with Crippen LogP contribution in [0, 0.1) is 0 Å². The number of hydrogen-bond donors (Lipinski definition) is 1. The Labute approximate surface area is 113 Å². The fourth-order valence-electron chi connectivity index (χ4n) is 1.47.